The summed E-state index contributed by atoms with van der Waals surface area (Å²) < 4.78 is 29.5. The van der Waals surface area contributed by atoms with Gasteiger partial charge in [-0.2, -0.15) is 0 Å². The van der Waals surface area contributed by atoms with E-state index >= 15 is 0 Å². The van der Waals surface area contributed by atoms with E-state index in [2.05, 4.69) is 0 Å². The van der Waals surface area contributed by atoms with Crippen LogP contribution in [-0.2, 0) is 16.4 Å². The molecule has 0 amide bonds. The quantitative estimate of drug-likeness (QED) is 0.942. The average molecular weight is 305 g/mol. The predicted octanol–water partition coefficient (Wildman–Crippen LogP) is 3.31. The van der Waals surface area contributed by atoms with Crippen LogP contribution in [0.5, 0.6) is 11.5 Å². The molecule has 21 heavy (non-hydrogen) atoms. The summed E-state index contributed by atoms with van der Waals surface area (Å²) in [4.78, 5) is 0.0181. The zero-order valence-electron chi connectivity index (χ0n) is 12.4. The van der Waals surface area contributed by atoms with E-state index in [1.165, 1.54) is 6.07 Å². The van der Waals surface area contributed by atoms with Gasteiger partial charge in [0.25, 0.3) is 0 Å². The van der Waals surface area contributed by atoms with Gasteiger partial charge in [-0.1, -0.05) is 37.3 Å². The molecule has 2 aromatic rings. The first kappa shape index (κ1) is 15.5. The summed E-state index contributed by atoms with van der Waals surface area (Å²) in [6.45, 7) is 5.79. The fourth-order valence-electron chi connectivity index (χ4n) is 2.24. The normalized spacial score (nSPS) is 11.4. The van der Waals surface area contributed by atoms with Gasteiger partial charge in [-0.05, 0) is 43.0 Å². The highest BCUT2D eigenvalue weighted by atomic mass is 32.2. The highest BCUT2D eigenvalue weighted by Gasteiger charge is 2.19. The number of nitrogens with two attached hydrogens (primary N) is 1. The Balaban J connectivity index is 2.63. The third-order valence-corrected chi connectivity index (χ3v) is 4.30. The number of hydrogen-bond acceptors (Lipinski definition) is 3. The Morgan fingerprint density at radius 1 is 1.00 bits per heavy atom. The minimum absolute atomic E-state index is 0.0181. The molecule has 4 nitrogen and oxygen atoms in total. The van der Waals surface area contributed by atoms with E-state index in [0.717, 1.165) is 16.7 Å². The molecule has 112 valence electrons. The third-order valence-electron chi connectivity index (χ3n) is 3.36. The van der Waals surface area contributed by atoms with Crippen LogP contribution in [0.25, 0.3) is 0 Å². The Morgan fingerprint density at radius 3 is 2.10 bits per heavy atom. The van der Waals surface area contributed by atoms with Crippen molar-refractivity contribution >= 4 is 10.0 Å². The van der Waals surface area contributed by atoms with Crippen molar-refractivity contribution in [3.63, 3.8) is 0 Å². The Bertz CT molecular complexity index is 747. The maximum atomic E-state index is 11.8. The first-order chi connectivity index (χ1) is 9.84. The number of benzene rings is 2. The van der Waals surface area contributed by atoms with E-state index in [1.54, 1.807) is 6.07 Å². The minimum atomic E-state index is -3.84. The topological polar surface area (TPSA) is 69.4 Å². The van der Waals surface area contributed by atoms with E-state index in [0.29, 0.717) is 17.9 Å². The molecule has 0 aliphatic rings. The molecule has 0 saturated heterocycles. The number of sulfonamides is 1. The molecule has 0 bridgehead atoms. The number of rotatable bonds is 4. The molecule has 0 aliphatic carbocycles. The average Bonchev–Trinajstić information content (AvgIpc) is 2.41. The van der Waals surface area contributed by atoms with Crippen molar-refractivity contribution in [1.82, 2.24) is 0 Å². The molecule has 0 atom stereocenters. The van der Waals surface area contributed by atoms with Gasteiger partial charge in [0.1, 0.15) is 10.6 Å². The van der Waals surface area contributed by atoms with Crippen LogP contribution in [0.4, 0.5) is 0 Å². The Morgan fingerprint density at radius 2 is 1.57 bits per heavy atom. The van der Waals surface area contributed by atoms with Crippen LogP contribution in [0.2, 0.25) is 0 Å². The van der Waals surface area contributed by atoms with Gasteiger partial charge in [-0.3, -0.25) is 0 Å². The molecule has 0 fully saturated rings. The van der Waals surface area contributed by atoms with E-state index in [-0.39, 0.29) is 4.90 Å². The monoisotopic (exact) mass is 305 g/mol. The van der Waals surface area contributed by atoms with Gasteiger partial charge in [-0.15, -0.1) is 0 Å². The SMILES string of the molecule is CCc1cccc(S(N)(=O)=O)c1Oc1c(C)cccc1C. The third kappa shape index (κ3) is 3.25. The minimum Gasteiger partial charge on any atom is -0.455 e. The molecule has 2 aromatic carbocycles. The first-order valence-corrected chi connectivity index (χ1v) is 8.28. The van der Waals surface area contributed by atoms with Crippen LogP contribution in [-0.4, -0.2) is 8.42 Å². The summed E-state index contributed by atoms with van der Waals surface area (Å²) in [5.41, 5.74) is 2.70. The van der Waals surface area contributed by atoms with Crippen LogP contribution >= 0.6 is 0 Å². The lowest BCUT2D eigenvalue weighted by molar-refractivity contribution is 0.455. The highest BCUT2D eigenvalue weighted by molar-refractivity contribution is 7.89. The summed E-state index contributed by atoms with van der Waals surface area (Å²) in [6.07, 6.45) is 0.656. The summed E-state index contributed by atoms with van der Waals surface area (Å²) >= 11 is 0. The number of ether oxygens (including phenoxy) is 1. The van der Waals surface area contributed by atoms with Crippen LogP contribution in [0.1, 0.15) is 23.6 Å². The van der Waals surface area contributed by atoms with E-state index in [4.69, 9.17) is 9.88 Å². The number of para-hydroxylation sites is 2. The van der Waals surface area contributed by atoms with E-state index in [9.17, 15) is 8.42 Å². The summed E-state index contributed by atoms with van der Waals surface area (Å²) in [7, 11) is -3.84. The van der Waals surface area contributed by atoms with Gasteiger partial charge in [0.05, 0.1) is 0 Å². The fourth-order valence-corrected chi connectivity index (χ4v) is 2.94. The van der Waals surface area contributed by atoms with Crippen molar-refractivity contribution in [2.24, 2.45) is 5.14 Å². The molecule has 0 unspecified atom stereocenters. The van der Waals surface area contributed by atoms with Crippen LogP contribution in [0.3, 0.4) is 0 Å². The van der Waals surface area contributed by atoms with Crippen LogP contribution in [0, 0.1) is 13.8 Å². The standard InChI is InChI=1S/C16H19NO3S/c1-4-13-9-6-10-14(21(17,18)19)16(13)20-15-11(2)7-5-8-12(15)3/h5-10H,4H2,1-3H3,(H2,17,18,19). The van der Waals surface area contributed by atoms with Crippen molar-refractivity contribution in [3.8, 4) is 11.5 Å². The molecule has 0 aromatic heterocycles. The number of aryl methyl sites for hydroxylation is 3. The molecule has 0 radical (unpaired) electrons. The Kier molecular flexibility index (Phi) is 4.34. The Labute approximate surface area is 125 Å². The second-order valence-corrected chi connectivity index (χ2v) is 6.50. The molecule has 0 spiro atoms. The summed E-state index contributed by atoms with van der Waals surface area (Å²) in [5.74, 6) is 0.989. The van der Waals surface area contributed by atoms with Gasteiger partial charge in [-0.25, -0.2) is 13.6 Å². The molecular formula is C16H19NO3S. The molecule has 0 aliphatic heterocycles. The van der Waals surface area contributed by atoms with Crippen molar-refractivity contribution in [3.05, 3.63) is 53.1 Å². The van der Waals surface area contributed by atoms with E-state index in [1.807, 2.05) is 45.0 Å². The Hall–Kier alpha value is -1.85. The van der Waals surface area contributed by atoms with Crippen molar-refractivity contribution < 1.29 is 13.2 Å². The molecule has 0 heterocycles. The van der Waals surface area contributed by atoms with E-state index < -0.39 is 10.0 Å². The lowest BCUT2D eigenvalue weighted by Crippen LogP contribution is -2.14. The van der Waals surface area contributed by atoms with Gasteiger partial charge in [0.2, 0.25) is 10.0 Å². The van der Waals surface area contributed by atoms with Gasteiger partial charge < -0.3 is 4.74 Å². The van der Waals surface area contributed by atoms with Crippen LogP contribution < -0.4 is 9.88 Å². The zero-order valence-corrected chi connectivity index (χ0v) is 13.2. The smallest absolute Gasteiger partial charge is 0.241 e. The van der Waals surface area contributed by atoms with Crippen molar-refractivity contribution in [2.45, 2.75) is 32.1 Å². The number of primary sulfonamides is 1. The summed E-state index contributed by atoms with van der Waals surface area (Å²) in [5, 5.41) is 5.30. The molecule has 2 rings (SSSR count). The molecule has 0 saturated carbocycles. The second-order valence-electron chi connectivity index (χ2n) is 4.97. The van der Waals surface area contributed by atoms with Crippen molar-refractivity contribution in [2.75, 3.05) is 0 Å². The molecule has 2 N–H and O–H groups in total. The lowest BCUT2D eigenvalue weighted by Gasteiger charge is -2.16. The number of hydrogen-bond donors (Lipinski definition) is 1. The largest absolute Gasteiger partial charge is 0.455 e. The molecular weight excluding hydrogens is 286 g/mol. The summed E-state index contributed by atoms with van der Waals surface area (Å²) in [6, 6.07) is 10.8. The zero-order chi connectivity index (χ0) is 15.6. The fraction of sp³-hybridized carbons (Fsp3) is 0.250. The van der Waals surface area contributed by atoms with Gasteiger partial charge in [0.15, 0.2) is 5.75 Å². The van der Waals surface area contributed by atoms with Gasteiger partial charge in [0, 0.05) is 0 Å². The predicted molar refractivity (Wildman–Crippen MR) is 83.2 cm³/mol. The maximum Gasteiger partial charge on any atom is 0.241 e. The highest BCUT2D eigenvalue weighted by Crippen LogP contribution is 2.35. The molecule has 5 heteroatoms. The van der Waals surface area contributed by atoms with Crippen molar-refractivity contribution in [1.29, 1.82) is 0 Å². The maximum absolute atomic E-state index is 11.8. The van der Waals surface area contributed by atoms with Crippen LogP contribution in [0.15, 0.2) is 41.3 Å². The van der Waals surface area contributed by atoms with Gasteiger partial charge >= 0.3 is 0 Å². The first-order valence-electron chi connectivity index (χ1n) is 6.73. The second kappa shape index (κ2) is 5.87. The lowest BCUT2D eigenvalue weighted by atomic mass is 10.1.